The number of carbonyl (C=O) groups excluding carboxylic acids is 2. The summed E-state index contributed by atoms with van der Waals surface area (Å²) in [5, 5.41) is 7.53. The molecule has 0 aliphatic heterocycles. The molecule has 1 rings (SSSR count). The van der Waals surface area contributed by atoms with Gasteiger partial charge in [-0.1, -0.05) is 6.07 Å². The standard InChI is InChI=1S/C15H24N2O3S/c1-15(2,3)20-14(19)17-9-4-7-13(18)16-10-8-12-6-5-11-21-12/h5-6,11H,4,7-10H2,1-3H3,(H,16,18)(H,17,19). The van der Waals surface area contributed by atoms with Crippen LogP contribution in [0.15, 0.2) is 17.5 Å². The van der Waals surface area contributed by atoms with E-state index in [0.717, 1.165) is 6.42 Å². The van der Waals surface area contributed by atoms with Crippen LogP contribution in [0.4, 0.5) is 4.79 Å². The van der Waals surface area contributed by atoms with E-state index in [-0.39, 0.29) is 5.91 Å². The summed E-state index contributed by atoms with van der Waals surface area (Å²) < 4.78 is 5.10. The lowest BCUT2D eigenvalue weighted by Gasteiger charge is -2.19. The van der Waals surface area contributed by atoms with Crippen molar-refractivity contribution in [3.8, 4) is 0 Å². The van der Waals surface area contributed by atoms with Gasteiger partial charge in [0.15, 0.2) is 0 Å². The minimum atomic E-state index is -0.497. The van der Waals surface area contributed by atoms with Crippen LogP contribution in [-0.2, 0) is 16.0 Å². The molecule has 0 spiro atoms. The van der Waals surface area contributed by atoms with E-state index >= 15 is 0 Å². The third-order valence-electron chi connectivity index (χ3n) is 2.52. The maximum absolute atomic E-state index is 11.6. The Morgan fingerprint density at radius 3 is 2.62 bits per heavy atom. The van der Waals surface area contributed by atoms with E-state index in [9.17, 15) is 9.59 Å². The number of hydrogen-bond acceptors (Lipinski definition) is 4. The van der Waals surface area contributed by atoms with Crippen molar-refractivity contribution >= 4 is 23.3 Å². The van der Waals surface area contributed by atoms with Crippen molar-refractivity contribution in [2.75, 3.05) is 13.1 Å². The summed E-state index contributed by atoms with van der Waals surface area (Å²) in [4.78, 5) is 24.2. The molecule has 1 aromatic rings. The van der Waals surface area contributed by atoms with Crippen LogP contribution in [0.5, 0.6) is 0 Å². The van der Waals surface area contributed by atoms with Crippen LogP contribution in [0.25, 0.3) is 0 Å². The molecule has 1 aromatic heterocycles. The molecular formula is C15H24N2O3S. The van der Waals surface area contributed by atoms with Crippen molar-refractivity contribution in [1.82, 2.24) is 10.6 Å². The zero-order valence-electron chi connectivity index (χ0n) is 12.9. The Morgan fingerprint density at radius 1 is 1.24 bits per heavy atom. The second kappa shape index (κ2) is 8.67. The fraction of sp³-hybridized carbons (Fsp3) is 0.600. The van der Waals surface area contributed by atoms with Crippen molar-refractivity contribution in [3.63, 3.8) is 0 Å². The molecule has 6 heteroatoms. The zero-order chi connectivity index (χ0) is 15.7. The highest BCUT2D eigenvalue weighted by Gasteiger charge is 2.15. The summed E-state index contributed by atoms with van der Waals surface area (Å²) in [5.41, 5.74) is -0.497. The van der Waals surface area contributed by atoms with Gasteiger partial charge in [0.2, 0.25) is 5.91 Å². The molecule has 0 saturated carbocycles. The quantitative estimate of drug-likeness (QED) is 0.761. The molecule has 0 bridgehead atoms. The molecule has 2 N–H and O–H groups in total. The minimum absolute atomic E-state index is 0.0116. The first-order chi connectivity index (χ1) is 9.87. The summed E-state index contributed by atoms with van der Waals surface area (Å²) in [5.74, 6) is 0.0116. The zero-order valence-corrected chi connectivity index (χ0v) is 13.7. The second-order valence-corrected chi connectivity index (χ2v) is 6.74. The Balaban J connectivity index is 2.02. The highest BCUT2D eigenvalue weighted by molar-refractivity contribution is 7.09. The van der Waals surface area contributed by atoms with E-state index in [1.165, 1.54) is 4.88 Å². The lowest BCUT2D eigenvalue weighted by atomic mass is 10.2. The lowest BCUT2D eigenvalue weighted by molar-refractivity contribution is -0.121. The third kappa shape index (κ3) is 9.07. The summed E-state index contributed by atoms with van der Waals surface area (Å²) in [6, 6.07) is 4.06. The van der Waals surface area contributed by atoms with E-state index in [4.69, 9.17) is 4.74 Å². The third-order valence-corrected chi connectivity index (χ3v) is 3.46. The fourth-order valence-electron chi connectivity index (χ4n) is 1.62. The van der Waals surface area contributed by atoms with E-state index in [1.54, 1.807) is 11.3 Å². The largest absolute Gasteiger partial charge is 0.444 e. The van der Waals surface area contributed by atoms with Gasteiger partial charge in [-0.3, -0.25) is 4.79 Å². The number of alkyl carbamates (subject to hydrolysis) is 1. The topological polar surface area (TPSA) is 67.4 Å². The van der Waals surface area contributed by atoms with Crippen molar-refractivity contribution in [3.05, 3.63) is 22.4 Å². The average Bonchev–Trinajstić information content (AvgIpc) is 2.85. The lowest BCUT2D eigenvalue weighted by Crippen LogP contribution is -2.33. The molecule has 0 aliphatic rings. The van der Waals surface area contributed by atoms with Gasteiger partial charge >= 0.3 is 6.09 Å². The number of hydrogen-bond donors (Lipinski definition) is 2. The second-order valence-electron chi connectivity index (χ2n) is 5.71. The van der Waals surface area contributed by atoms with Gasteiger partial charge in [-0.05, 0) is 45.1 Å². The van der Waals surface area contributed by atoms with Gasteiger partial charge in [0.05, 0.1) is 0 Å². The summed E-state index contributed by atoms with van der Waals surface area (Å²) in [7, 11) is 0. The molecule has 0 fully saturated rings. The predicted octanol–water partition coefficient (Wildman–Crippen LogP) is 2.71. The van der Waals surface area contributed by atoms with E-state index < -0.39 is 11.7 Å². The molecule has 0 saturated heterocycles. The number of thiophene rings is 1. The summed E-state index contributed by atoms with van der Waals surface area (Å²) in [6.07, 6.45) is 1.42. The summed E-state index contributed by atoms with van der Waals surface area (Å²) in [6.45, 7) is 6.53. The Labute approximate surface area is 130 Å². The molecule has 21 heavy (non-hydrogen) atoms. The van der Waals surface area contributed by atoms with Crippen LogP contribution in [0.3, 0.4) is 0 Å². The molecule has 0 aliphatic carbocycles. The van der Waals surface area contributed by atoms with E-state index in [2.05, 4.69) is 16.7 Å². The van der Waals surface area contributed by atoms with Gasteiger partial charge in [-0.2, -0.15) is 0 Å². The van der Waals surface area contributed by atoms with Crippen molar-refractivity contribution in [1.29, 1.82) is 0 Å². The number of ether oxygens (including phenoxy) is 1. The minimum Gasteiger partial charge on any atom is -0.444 e. The van der Waals surface area contributed by atoms with Crippen molar-refractivity contribution in [2.24, 2.45) is 0 Å². The molecule has 5 nitrogen and oxygen atoms in total. The molecule has 118 valence electrons. The maximum Gasteiger partial charge on any atom is 0.407 e. The van der Waals surface area contributed by atoms with Crippen molar-refractivity contribution < 1.29 is 14.3 Å². The highest BCUT2D eigenvalue weighted by Crippen LogP contribution is 2.08. The first-order valence-corrected chi connectivity index (χ1v) is 8.01. The molecule has 0 atom stereocenters. The van der Waals surface area contributed by atoms with Crippen LogP contribution in [-0.4, -0.2) is 30.7 Å². The average molecular weight is 312 g/mol. The SMILES string of the molecule is CC(C)(C)OC(=O)NCCCC(=O)NCCc1cccs1. The molecule has 0 unspecified atom stereocenters. The fourth-order valence-corrected chi connectivity index (χ4v) is 2.33. The Kier molecular flexibility index (Phi) is 7.22. The first-order valence-electron chi connectivity index (χ1n) is 7.13. The van der Waals surface area contributed by atoms with Gasteiger partial charge < -0.3 is 15.4 Å². The van der Waals surface area contributed by atoms with E-state index in [0.29, 0.717) is 25.9 Å². The van der Waals surface area contributed by atoms with Crippen molar-refractivity contribution in [2.45, 2.75) is 45.6 Å². The van der Waals surface area contributed by atoms with Crippen LogP contribution < -0.4 is 10.6 Å². The molecule has 1 heterocycles. The number of carbonyl (C=O) groups is 2. The normalized spacial score (nSPS) is 11.0. The van der Waals surface area contributed by atoms with Gasteiger partial charge in [0, 0.05) is 24.4 Å². The highest BCUT2D eigenvalue weighted by atomic mass is 32.1. The van der Waals surface area contributed by atoms with Crippen LogP contribution >= 0.6 is 11.3 Å². The van der Waals surface area contributed by atoms with Gasteiger partial charge in [-0.15, -0.1) is 11.3 Å². The monoisotopic (exact) mass is 312 g/mol. The smallest absolute Gasteiger partial charge is 0.407 e. The van der Waals surface area contributed by atoms with Crippen LogP contribution in [0, 0.1) is 0 Å². The number of nitrogens with one attached hydrogen (secondary N) is 2. The Bertz CT molecular complexity index is 438. The molecule has 0 radical (unpaired) electrons. The predicted molar refractivity (Wildman–Crippen MR) is 84.5 cm³/mol. The molecule has 2 amide bonds. The van der Waals surface area contributed by atoms with Gasteiger partial charge in [0.1, 0.15) is 5.60 Å². The van der Waals surface area contributed by atoms with E-state index in [1.807, 2.05) is 32.2 Å². The van der Waals surface area contributed by atoms with Gasteiger partial charge in [-0.25, -0.2) is 4.79 Å². The first kappa shape index (κ1) is 17.5. The molecular weight excluding hydrogens is 288 g/mol. The molecule has 0 aromatic carbocycles. The summed E-state index contributed by atoms with van der Waals surface area (Å²) >= 11 is 1.69. The Hall–Kier alpha value is -1.56. The number of amides is 2. The Morgan fingerprint density at radius 2 is 2.00 bits per heavy atom. The van der Waals surface area contributed by atoms with Crippen LogP contribution in [0.1, 0.15) is 38.5 Å². The van der Waals surface area contributed by atoms with Gasteiger partial charge in [0.25, 0.3) is 0 Å². The number of rotatable bonds is 7. The van der Waals surface area contributed by atoms with Crippen LogP contribution in [0.2, 0.25) is 0 Å². The maximum atomic E-state index is 11.6.